The molecule has 1 aromatic heterocycles. The Bertz CT molecular complexity index is 3020. The van der Waals surface area contributed by atoms with Crippen molar-refractivity contribution in [1.82, 2.24) is 10.6 Å². The number of nitrogens with one attached hydrogen (secondary N) is 2. The molecule has 260 valence electrons. The van der Waals surface area contributed by atoms with Gasteiger partial charge in [-0.2, -0.15) is 0 Å². The van der Waals surface area contributed by atoms with E-state index in [1.807, 2.05) is 0 Å². The number of furan rings is 1. The third kappa shape index (κ3) is 5.48. The molecule has 3 nitrogen and oxygen atoms in total. The van der Waals surface area contributed by atoms with Gasteiger partial charge >= 0.3 is 0 Å². The van der Waals surface area contributed by atoms with Gasteiger partial charge in [-0.15, -0.1) is 0 Å². The summed E-state index contributed by atoms with van der Waals surface area (Å²) in [4.78, 5) is 0. The zero-order chi connectivity index (χ0) is 36.3. The zero-order valence-corrected chi connectivity index (χ0v) is 30.0. The van der Waals surface area contributed by atoms with Gasteiger partial charge in [-0.1, -0.05) is 170 Å². The summed E-state index contributed by atoms with van der Waals surface area (Å²) in [5.74, 6) is 0. The highest BCUT2D eigenvalue weighted by Gasteiger charge is 2.29. The lowest BCUT2D eigenvalue weighted by Gasteiger charge is -2.36. The molecule has 2 N–H and O–H groups in total. The van der Waals surface area contributed by atoms with Crippen molar-refractivity contribution in [3.8, 4) is 33.4 Å². The number of benzene rings is 8. The summed E-state index contributed by atoms with van der Waals surface area (Å²) >= 11 is 0. The Kier molecular flexibility index (Phi) is 7.39. The topological polar surface area (TPSA) is 37.2 Å². The summed E-state index contributed by atoms with van der Waals surface area (Å²) in [6, 6.07) is 61.3. The second kappa shape index (κ2) is 12.9. The van der Waals surface area contributed by atoms with Crippen LogP contribution < -0.4 is 10.6 Å². The number of hydrogen-bond acceptors (Lipinski definition) is 3. The second-order valence-electron chi connectivity index (χ2n) is 14.6. The minimum atomic E-state index is -0.154. The summed E-state index contributed by atoms with van der Waals surface area (Å²) in [7, 11) is 0. The summed E-state index contributed by atoms with van der Waals surface area (Å²) < 4.78 is 6.91. The van der Waals surface area contributed by atoms with Gasteiger partial charge in [-0.25, -0.2) is 0 Å². The van der Waals surface area contributed by atoms with Crippen molar-refractivity contribution in [1.29, 1.82) is 0 Å². The van der Waals surface area contributed by atoms with Crippen LogP contribution in [0.2, 0.25) is 0 Å². The molecule has 1 aliphatic carbocycles. The van der Waals surface area contributed by atoms with Crippen LogP contribution in [-0.2, 0) is 0 Å². The molecule has 0 bridgehead atoms. The predicted molar refractivity (Wildman–Crippen MR) is 229 cm³/mol. The Hall–Kier alpha value is -6.94. The van der Waals surface area contributed by atoms with Crippen molar-refractivity contribution in [2.45, 2.75) is 12.2 Å². The fourth-order valence-corrected chi connectivity index (χ4v) is 8.48. The average molecular weight is 705 g/mol. The fraction of sp³-hybridized carbons (Fsp3) is 0.0385. The predicted octanol–water partition coefficient (Wildman–Crippen LogP) is 13.0. The van der Waals surface area contributed by atoms with Gasteiger partial charge in [0.25, 0.3) is 0 Å². The van der Waals surface area contributed by atoms with E-state index in [9.17, 15) is 0 Å². The van der Waals surface area contributed by atoms with Crippen LogP contribution >= 0.6 is 0 Å². The van der Waals surface area contributed by atoms with Gasteiger partial charge in [-0.05, 0) is 84.9 Å². The van der Waals surface area contributed by atoms with E-state index in [1.54, 1.807) is 0 Å². The minimum absolute atomic E-state index is 0.0606. The Morgan fingerprint density at radius 1 is 0.436 bits per heavy atom. The first kappa shape index (κ1) is 31.6. The van der Waals surface area contributed by atoms with Crippen LogP contribution in [0.5, 0.6) is 0 Å². The van der Waals surface area contributed by atoms with Crippen molar-refractivity contribution in [2.75, 3.05) is 0 Å². The van der Waals surface area contributed by atoms with E-state index in [2.05, 4.69) is 205 Å². The van der Waals surface area contributed by atoms with Gasteiger partial charge in [0.1, 0.15) is 17.3 Å². The molecule has 0 saturated carbocycles. The lowest BCUT2D eigenvalue weighted by molar-refractivity contribution is 0.460. The van der Waals surface area contributed by atoms with Crippen LogP contribution in [0.4, 0.5) is 0 Å². The van der Waals surface area contributed by atoms with Crippen molar-refractivity contribution in [2.24, 2.45) is 0 Å². The highest BCUT2D eigenvalue weighted by atomic mass is 16.3. The van der Waals surface area contributed by atoms with E-state index in [0.29, 0.717) is 0 Å². The molecule has 2 heterocycles. The van der Waals surface area contributed by atoms with Gasteiger partial charge in [-0.3, -0.25) is 5.32 Å². The first-order chi connectivity index (χ1) is 27.2. The molecule has 2 unspecified atom stereocenters. The van der Waals surface area contributed by atoms with Gasteiger partial charge in [0.2, 0.25) is 0 Å². The van der Waals surface area contributed by atoms with E-state index in [1.165, 1.54) is 44.0 Å². The van der Waals surface area contributed by atoms with Gasteiger partial charge in [0, 0.05) is 27.4 Å². The molecule has 1 aliphatic heterocycles. The Morgan fingerprint density at radius 2 is 1.09 bits per heavy atom. The van der Waals surface area contributed by atoms with E-state index >= 15 is 0 Å². The Labute approximate surface area is 319 Å². The summed E-state index contributed by atoms with van der Waals surface area (Å²) in [6.07, 6.45) is 8.59. The largest absolute Gasteiger partial charge is 0.455 e. The number of hydrogen-bond donors (Lipinski definition) is 2. The monoisotopic (exact) mass is 704 g/mol. The molecule has 9 aromatic rings. The van der Waals surface area contributed by atoms with Crippen molar-refractivity contribution in [3.63, 3.8) is 0 Å². The quantitative estimate of drug-likeness (QED) is 0.187. The van der Waals surface area contributed by atoms with Crippen LogP contribution in [0.1, 0.15) is 17.3 Å². The van der Waals surface area contributed by atoms with Crippen LogP contribution in [-0.4, -0.2) is 6.04 Å². The molecular formula is C52H36N2O. The van der Waals surface area contributed by atoms with Crippen LogP contribution in [0.25, 0.3) is 82.6 Å². The lowest BCUT2D eigenvalue weighted by atomic mass is 9.90. The molecule has 0 saturated heterocycles. The fourth-order valence-electron chi connectivity index (χ4n) is 8.48. The smallest absolute Gasteiger partial charge is 0.143 e. The Balaban J connectivity index is 1.04. The zero-order valence-electron chi connectivity index (χ0n) is 30.0. The summed E-state index contributed by atoms with van der Waals surface area (Å²) in [5, 5.41) is 14.9. The molecular weight excluding hydrogens is 669 g/mol. The van der Waals surface area contributed by atoms with E-state index in [-0.39, 0.29) is 12.2 Å². The third-order valence-corrected chi connectivity index (χ3v) is 11.3. The maximum atomic E-state index is 6.91. The second-order valence-corrected chi connectivity index (χ2v) is 14.6. The molecule has 2 aliphatic rings. The highest BCUT2D eigenvalue weighted by molar-refractivity contribution is 6.17. The van der Waals surface area contributed by atoms with Crippen LogP contribution in [0.15, 0.2) is 204 Å². The van der Waals surface area contributed by atoms with E-state index in [4.69, 9.17) is 4.42 Å². The first-order valence-electron chi connectivity index (χ1n) is 19.0. The maximum Gasteiger partial charge on any atom is 0.143 e. The van der Waals surface area contributed by atoms with E-state index < -0.39 is 0 Å². The molecule has 0 radical (unpaired) electrons. The SMILES string of the molecule is C1=CC2=C(c3ccc(-c4ccccc4)cc3)NC(c3cc(-c4ccc(-c5ccc6ccccc6c5)cc4)c4oc5c6ccccc6ccc5c4c3)NC2C=C1. The lowest BCUT2D eigenvalue weighted by Crippen LogP contribution is -2.45. The van der Waals surface area contributed by atoms with Gasteiger partial charge in [0.15, 0.2) is 0 Å². The van der Waals surface area contributed by atoms with Crippen molar-refractivity contribution in [3.05, 3.63) is 211 Å². The Morgan fingerprint density at radius 3 is 1.93 bits per heavy atom. The molecule has 55 heavy (non-hydrogen) atoms. The average Bonchev–Trinajstić information content (AvgIpc) is 3.65. The highest BCUT2D eigenvalue weighted by Crippen LogP contribution is 2.42. The molecule has 0 spiro atoms. The molecule has 0 amide bonds. The molecule has 11 rings (SSSR count). The standard InChI is InChI=1S/C52H36N2O/c1-2-10-33(11-3-1)35-20-25-39(26-21-35)49-45-16-8-9-17-48(45)53-52(54-49)42-31-46(51-47(32-42)44-29-28-37-13-6-7-15-43(37)50(44)55-51)38-23-18-36(19-24-38)41-27-22-34-12-4-5-14-40(34)30-41/h1-32,48,52-54H. The molecule has 2 atom stereocenters. The molecule has 3 heteroatoms. The number of fused-ring (bicyclic) bond motifs is 7. The van der Waals surface area contributed by atoms with Crippen LogP contribution in [0, 0.1) is 0 Å². The summed E-state index contributed by atoms with van der Waals surface area (Å²) in [5.41, 5.74) is 13.5. The van der Waals surface area contributed by atoms with E-state index in [0.717, 1.165) is 55.3 Å². The molecule has 8 aromatic carbocycles. The summed E-state index contributed by atoms with van der Waals surface area (Å²) in [6.45, 7) is 0. The number of allylic oxidation sites excluding steroid dienone is 2. The first-order valence-corrected chi connectivity index (χ1v) is 19.0. The molecule has 0 fully saturated rings. The normalized spacial score (nSPS) is 16.6. The maximum absolute atomic E-state index is 6.91. The minimum Gasteiger partial charge on any atom is -0.455 e. The third-order valence-electron chi connectivity index (χ3n) is 11.3. The van der Waals surface area contributed by atoms with Crippen LogP contribution in [0.3, 0.4) is 0 Å². The number of rotatable bonds is 5. The van der Waals surface area contributed by atoms with Crippen molar-refractivity contribution < 1.29 is 4.42 Å². The van der Waals surface area contributed by atoms with Crippen molar-refractivity contribution >= 4 is 49.2 Å². The van der Waals surface area contributed by atoms with Gasteiger partial charge < -0.3 is 9.73 Å². The van der Waals surface area contributed by atoms with Gasteiger partial charge in [0.05, 0.1) is 6.04 Å².